The second kappa shape index (κ2) is 6.31. The maximum atomic E-state index is 6.15. The molecule has 1 rings (SSSR count). The minimum absolute atomic E-state index is 0.404. The van der Waals surface area contributed by atoms with E-state index in [4.69, 9.17) is 11.6 Å². The predicted molar refractivity (Wildman–Crippen MR) is 70.5 cm³/mol. The SMILES string of the molecule is C=CCC(Cc1ccc(Br)cc1Cl)NC. The van der Waals surface area contributed by atoms with Gasteiger partial charge in [0, 0.05) is 15.5 Å². The summed E-state index contributed by atoms with van der Waals surface area (Å²) < 4.78 is 1.01. The summed E-state index contributed by atoms with van der Waals surface area (Å²) in [5.41, 5.74) is 1.17. The van der Waals surface area contributed by atoms with Crippen LogP contribution < -0.4 is 5.32 Å². The van der Waals surface area contributed by atoms with E-state index in [9.17, 15) is 0 Å². The molecule has 1 N–H and O–H groups in total. The van der Waals surface area contributed by atoms with Crippen LogP contribution in [0, 0.1) is 0 Å². The van der Waals surface area contributed by atoms with Crippen LogP contribution in [0.4, 0.5) is 0 Å². The Labute approximate surface area is 105 Å². The van der Waals surface area contributed by atoms with Gasteiger partial charge in [-0.2, -0.15) is 0 Å². The summed E-state index contributed by atoms with van der Waals surface area (Å²) >= 11 is 9.54. The molecule has 0 amide bonds. The van der Waals surface area contributed by atoms with E-state index >= 15 is 0 Å². The highest BCUT2D eigenvalue weighted by atomic mass is 79.9. The Bertz CT molecular complexity index is 338. The van der Waals surface area contributed by atoms with Crippen LogP contribution in [-0.4, -0.2) is 13.1 Å². The Morgan fingerprint density at radius 2 is 2.33 bits per heavy atom. The van der Waals surface area contributed by atoms with Gasteiger partial charge in [-0.1, -0.05) is 39.7 Å². The van der Waals surface area contributed by atoms with Gasteiger partial charge >= 0.3 is 0 Å². The van der Waals surface area contributed by atoms with E-state index in [0.29, 0.717) is 6.04 Å². The van der Waals surface area contributed by atoms with Crippen molar-refractivity contribution >= 4 is 27.5 Å². The van der Waals surface area contributed by atoms with Crippen LogP contribution in [0.2, 0.25) is 5.02 Å². The molecular weight excluding hydrogens is 273 g/mol. The fraction of sp³-hybridized carbons (Fsp3) is 0.333. The van der Waals surface area contributed by atoms with Gasteiger partial charge in [-0.3, -0.25) is 0 Å². The Balaban J connectivity index is 2.74. The minimum Gasteiger partial charge on any atom is -0.316 e. The molecule has 82 valence electrons. The number of halogens is 2. The third kappa shape index (κ3) is 3.98. The van der Waals surface area contributed by atoms with Gasteiger partial charge in [0.05, 0.1) is 0 Å². The van der Waals surface area contributed by atoms with Crippen molar-refractivity contribution in [2.24, 2.45) is 0 Å². The fourth-order valence-corrected chi connectivity index (χ4v) is 2.21. The summed E-state index contributed by atoms with van der Waals surface area (Å²) in [5, 5.41) is 4.07. The first-order chi connectivity index (χ1) is 7.17. The lowest BCUT2D eigenvalue weighted by Gasteiger charge is -2.15. The quantitative estimate of drug-likeness (QED) is 0.813. The molecule has 0 radical (unpaired) electrons. The molecule has 0 bridgehead atoms. The number of hydrogen-bond donors (Lipinski definition) is 1. The van der Waals surface area contributed by atoms with Crippen LogP contribution in [0.3, 0.4) is 0 Å². The lowest BCUT2D eigenvalue weighted by atomic mass is 10.0. The van der Waals surface area contributed by atoms with Gasteiger partial charge in [0.25, 0.3) is 0 Å². The highest BCUT2D eigenvalue weighted by Crippen LogP contribution is 2.22. The van der Waals surface area contributed by atoms with Crippen molar-refractivity contribution in [3.63, 3.8) is 0 Å². The summed E-state index contributed by atoms with van der Waals surface area (Å²) in [4.78, 5) is 0. The van der Waals surface area contributed by atoms with E-state index in [2.05, 4.69) is 33.9 Å². The van der Waals surface area contributed by atoms with E-state index in [1.165, 1.54) is 5.56 Å². The van der Waals surface area contributed by atoms with E-state index < -0.39 is 0 Å². The molecule has 0 aliphatic heterocycles. The number of likely N-dealkylation sites (N-methyl/N-ethyl adjacent to an activating group) is 1. The Kier molecular flexibility index (Phi) is 5.37. The molecule has 0 aliphatic rings. The summed E-state index contributed by atoms with van der Waals surface area (Å²) in [6, 6.07) is 6.40. The van der Waals surface area contributed by atoms with Gasteiger partial charge < -0.3 is 5.32 Å². The van der Waals surface area contributed by atoms with Gasteiger partial charge in [-0.05, 0) is 37.6 Å². The number of hydrogen-bond acceptors (Lipinski definition) is 1. The molecule has 0 spiro atoms. The normalized spacial score (nSPS) is 12.5. The van der Waals surface area contributed by atoms with Crippen molar-refractivity contribution in [3.8, 4) is 0 Å². The van der Waals surface area contributed by atoms with Crippen LogP contribution in [0.15, 0.2) is 35.3 Å². The Morgan fingerprint density at radius 3 is 2.87 bits per heavy atom. The predicted octanol–water partition coefficient (Wildman–Crippen LogP) is 3.81. The third-order valence-corrected chi connectivity index (χ3v) is 3.19. The van der Waals surface area contributed by atoms with Crippen LogP contribution in [-0.2, 0) is 6.42 Å². The van der Waals surface area contributed by atoms with Crippen LogP contribution in [0.5, 0.6) is 0 Å². The Morgan fingerprint density at radius 1 is 1.60 bits per heavy atom. The first-order valence-corrected chi connectivity index (χ1v) is 6.06. The van der Waals surface area contributed by atoms with E-state index in [-0.39, 0.29) is 0 Å². The van der Waals surface area contributed by atoms with Crippen molar-refractivity contribution in [2.45, 2.75) is 18.9 Å². The Hall–Kier alpha value is -0.310. The summed E-state index contributed by atoms with van der Waals surface area (Å²) in [5.74, 6) is 0. The minimum atomic E-state index is 0.404. The second-order valence-corrected chi connectivity index (χ2v) is 4.77. The highest BCUT2D eigenvalue weighted by molar-refractivity contribution is 9.10. The van der Waals surface area contributed by atoms with Crippen molar-refractivity contribution in [3.05, 3.63) is 45.9 Å². The fourth-order valence-electron chi connectivity index (χ4n) is 1.46. The molecule has 1 unspecified atom stereocenters. The smallest absolute Gasteiger partial charge is 0.0449 e. The standard InChI is InChI=1S/C12H15BrClN/c1-3-4-11(15-2)7-9-5-6-10(13)8-12(9)14/h3,5-6,8,11,15H,1,4,7H2,2H3. The molecule has 1 aromatic rings. The topological polar surface area (TPSA) is 12.0 Å². The monoisotopic (exact) mass is 287 g/mol. The van der Waals surface area contributed by atoms with Crippen molar-refractivity contribution < 1.29 is 0 Å². The first kappa shape index (κ1) is 12.8. The summed E-state index contributed by atoms with van der Waals surface area (Å²) in [7, 11) is 1.96. The molecule has 0 aromatic heterocycles. The van der Waals surface area contributed by atoms with Gasteiger partial charge in [-0.15, -0.1) is 6.58 Å². The van der Waals surface area contributed by atoms with Crippen molar-refractivity contribution in [1.29, 1.82) is 0 Å². The zero-order chi connectivity index (χ0) is 11.3. The average Bonchev–Trinajstić information content (AvgIpc) is 2.21. The van der Waals surface area contributed by atoms with E-state index in [0.717, 1.165) is 22.3 Å². The molecule has 1 nitrogen and oxygen atoms in total. The highest BCUT2D eigenvalue weighted by Gasteiger charge is 2.08. The lowest BCUT2D eigenvalue weighted by molar-refractivity contribution is 0.566. The second-order valence-electron chi connectivity index (χ2n) is 3.45. The summed E-state index contributed by atoms with van der Waals surface area (Å²) in [6.45, 7) is 3.75. The first-order valence-electron chi connectivity index (χ1n) is 4.89. The zero-order valence-electron chi connectivity index (χ0n) is 8.76. The molecule has 0 heterocycles. The van der Waals surface area contributed by atoms with E-state index in [1.54, 1.807) is 0 Å². The maximum Gasteiger partial charge on any atom is 0.0449 e. The molecule has 0 aliphatic carbocycles. The molecule has 1 atom stereocenters. The molecular formula is C12H15BrClN. The van der Waals surface area contributed by atoms with Gasteiger partial charge in [-0.25, -0.2) is 0 Å². The van der Waals surface area contributed by atoms with Gasteiger partial charge in [0.1, 0.15) is 0 Å². The molecule has 0 saturated carbocycles. The molecule has 0 fully saturated rings. The van der Waals surface area contributed by atoms with Crippen LogP contribution >= 0.6 is 27.5 Å². The zero-order valence-corrected chi connectivity index (χ0v) is 11.1. The lowest BCUT2D eigenvalue weighted by Crippen LogP contribution is -2.26. The van der Waals surface area contributed by atoms with Crippen molar-refractivity contribution in [1.82, 2.24) is 5.32 Å². The van der Waals surface area contributed by atoms with Gasteiger partial charge in [0.2, 0.25) is 0 Å². The molecule has 1 aromatic carbocycles. The van der Waals surface area contributed by atoms with Crippen molar-refractivity contribution in [2.75, 3.05) is 7.05 Å². The van der Waals surface area contributed by atoms with E-state index in [1.807, 2.05) is 25.3 Å². The van der Waals surface area contributed by atoms with Gasteiger partial charge in [0.15, 0.2) is 0 Å². The largest absolute Gasteiger partial charge is 0.316 e. The van der Waals surface area contributed by atoms with Crippen LogP contribution in [0.25, 0.3) is 0 Å². The number of rotatable bonds is 5. The molecule has 3 heteroatoms. The number of benzene rings is 1. The molecule has 15 heavy (non-hydrogen) atoms. The maximum absolute atomic E-state index is 6.15. The average molecular weight is 289 g/mol. The summed E-state index contributed by atoms with van der Waals surface area (Å²) in [6.07, 6.45) is 3.80. The van der Waals surface area contributed by atoms with Crippen LogP contribution in [0.1, 0.15) is 12.0 Å². The third-order valence-electron chi connectivity index (χ3n) is 2.34. The molecule has 0 saturated heterocycles. The number of nitrogens with one attached hydrogen (secondary N) is 1.